The van der Waals surface area contributed by atoms with E-state index in [2.05, 4.69) is 24.9 Å². The smallest absolute Gasteiger partial charge is 0.252 e. The Kier molecular flexibility index (Phi) is 5.77. The first-order valence-corrected chi connectivity index (χ1v) is 10.9. The summed E-state index contributed by atoms with van der Waals surface area (Å²) in [4.78, 5) is 18.5. The maximum absolute atomic E-state index is 14.3. The second-order valence-electron chi connectivity index (χ2n) is 8.19. The van der Waals surface area contributed by atoms with Crippen LogP contribution in [0.1, 0.15) is 47.7 Å². The van der Waals surface area contributed by atoms with E-state index in [1.54, 1.807) is 12.1 Å². The highest BCUT2D eigenvalue weighted by molar-refractivity contribution is 6.23. The molecule has 0 unspecified atom stereocenters. The van der Waals surface area contributed by atoms with Gasteiger partial charge in [-0.2, -0.15) is 0 Å². The second kappa shape index (κ2) is 8.50. The number of allylic oxidation sites excluding steroid dienone is 1. The predicted molar refractivity (Wildman–Crippen MR) is 126 cm³/mol. The molecule has 2 aromatic carbocycles. The standard InChI is InChI=1S/C26H28FN3O/c1-5-7-8-11-28-26(31)23-20-14-16(3)13-17(4)24(20)29-25-22(23)19-15-18(27)9-10-21(19)30(25)12-6-2/h6,9-10,13-15H,2,5,7-8,11-12H2,1,3-4H3,(H,28,31). The minimum absolute atomic E-state index is 0.139. The average Bonchev–Trinajstić information content (AvgIpc) is 3.02. The van der Waals surface area contributed by atoms with E-state index in [1.165, 1.54) is 12.1 Å². The van der Waals surface area contributed by atoms with E-state index < -0.39 is 0 Å². The number of hydrogen-bond donors (Lipinski definition) is 1. The third kappa shape index (κ3) is 3.69. The minimum Gasteiger partial charge on any atom is -0.352 e. The lowest BCUT2D eigenvalue weighted by Gasteiger charge is -2.13. The maximum Gasteiger partial charge on any atom is 0.252 e. The van der Waals surface area contributed by atoms with Crippen LogP contribution in [0.4, 0.5) is 4.39 Å². The largest absolute Gasteiger partial charge is 0.352 e. The summed E-state index contributed by atoms with van der Waals surface area (Å²) in [6, 6.07) is 8.78. The van der Waals surface area contributed by atoms with E-state index in [-0.39, 0.29) is 11.7 Å². The number of carbonyl (C=O) groups is 1. The summed E-state index contributed by atoms with van der Waals surface area (Å²) in [6.45, 7) is 11.2. The summed E-state index contributed by atoms with van der Waals surface area (Å²) in [6.07, 6.45) is 4.87. The summed E-state index contributed by atoms with van der Waals surface area (Å²) in [5.41, 5.74) is 4.96. The molecule has 1 N–H and O–H groups in total. The molecule has 0 aliphatic rings. The van der Waals surface area contributed by atoms with Gasteiger partial charge >= 0.3 is 0 Å². The number of aryl methyl sites for hydroxylation is 2. The van der Waals surface area contributed by atoms with E-state index in [1.807, 2.05) is 24.5 Å². The van der Waals surface area contributed by atoms with Crippen LogP contribution < -0.4 is 5.32 Å². The molecule has 4 nitrogen and oxygen atoms in total. The van der Waals surface area contributed by atoms with Crippen LogP contribution in [0.3, 0.4) is 0 Å². The molecule has 4 aromatic rings. The lowest BCUT2D eigenvalue weighted by Crippen LogP contribution is -2.25. The normalized spacial score (nSPS) is 11.5. The fourth-order valence-corrected chi connectivity index (χ4v) is 4.43. The molecule has 0 bridgehead atoms. The number of amides is 1. The van der Waals surface area contributed by atoms with E-state index in [4.69, 9.17) is 4.98 Å². The van der Waals surface area contributed by atoms with Crippen molar-refractivity contribution in [3.05, 3.63) is 65.5 Å². The van der Waals surface area contributed by atoms with Crippen LogP contribution >= 0.6 is 0 Å². The van der Waals surface area contributed by atoms with Gasteiger partial charge in [-0.05, 0) is 50.1 Å². The van der Waals surface area contributed by atoms with Crippen molar-refractivity contribution >= 4 is 38.7 Å². The van der Waals surface area contributed by atoms with Crippen LogP contribution in [0.2, 0.25) is 0 Å². The van der Waals surface area contributed by atoms with Crippen LogP contribution in [0, 0.1) is 19.7 Å². The Labute approximate surface area is 181 Å². The zero-order chi connectivity index (χ0) is 22.1. The van der Waals surface area contributed by atoms with Gasteiger partial charge in [-0.25, -0.2) is 9.37 Å². The number of unbranched alkanes of at least 4 members (excludes halogenated alkanes) is 2. The van der Waals surface area contributed by atoms with Gasteiger partial charge in [0, 0.05) is 29.2 Å². The number of nitrogens with one attached hydrogen (secondary N) is 1. The van der Waals surface area contributed by atoms with Crippen molar-refractivity contribution < 1.29 is 9.18 Å². The Morgan fingerprint density at radius 2 is 2.00 bits per heavy atom. The van der Waals surface area contributed by atoms with Gasteiger partial charge in [0.05, 0.1) is 16.6 Å². The van der Waals surface area contributed by atoms with E-state index in [0.29, 0.717) is 35.1 Å². The number of benzene rings is 2. The van der Waals surface area contributed by atoms with Crippen molar-refractivity contribution in [1.29, 1.82) is 0 Å². The molecule has 0 spiro atoms. The topological polar surface area (TPSA) is 46.9 Å². The van der Waals surface area contributed by atoms with E-state index >= 15 is 0 Å². The molecule has 160 valence electrons. The summed E-state index contributed by atoms with van der Waals surface area (Å²) in [5, 5.41) is 5.29. The van der Waals surface area contributed by atoms with Gasteiger partial charge in [0.15, 0.2) is 0 Å². The van der Waals surface area contributed by atoms with Gasteiger partial charge in [-0.1, -0.05) is 37.5 Å². The highest BCUT2D eigenvalue weighted by Gasteiger charge is 2.23. The number of halogens is 1. The summed E-state index contributed by atoms with van der Waals surface area (Å²) in [5.74, 6) is -0.472. The third-order valence-corrected chi connectivity index (χ3v) is 5.78. The van der Waals surface area contributed by atoms with Crippen LogP contribution in [0.5, 0.6) is 0 Å². The molecule has 0 aliphatic carbocycles. The number of rotatable bonds is 7. The lowest BCUT2D eigenvalue weighted by atomic mass is 9.98. The molecule has 2 heterocycles. The van der Waals surface area contributed by atoms with Gasteiger partial charge in [0.1, 0.15) is 11.5 Å². The fourth-order valence-electron chi connectivity index (χ4n) is 4.43. The van der Waals surface area contributed by atoms with Gasteiger partial charge in [0.25, 0.3) is 5.91 Å². The fraction of sp³-hybridized carbons (Fsp3) is 0.308. The molecule has 4 rings (SSSR count). The Balaban J connectivity index is 2.10. The molecule has 2 aromatic heterocycles. The molecule has 0 aliphatic heterocycles. The lowest BCUT2D eigenvalue weighted by molar-refractivity contribution is 0.0956. The van der Waals surface area contributed by atoms with Crippen LogP contribution in [-0.4, -0.2) is 22.0 Å². The SMILES string of the molecule is C=CCn1c2ccc(F)cc2c2c(C(=O)NCCCCC)c3cc(C)cc(C)c3nc21. The van der Waals surface area contributed by atoms with Crippen LogP contribution in [0.25, 0.3) is 32.8 Å². The van der Waals surface area contributed by atoms with E-state index in [0.717, 1.165) is 46.8 Å². The van der Waals surface area contributed by atoms with Crippen LogP contribution in [0.15, 0.2) is 43.0 Å². The highest BCUT2D eigenvalue weighted by Crippen LogP contribution is 2.36. The molecular weight excluding hydrogens is 389 g/mol. The quantitative estimate of drug-likeness (QED) is 0.287. The Bertz CT molecular complexity index is 1320. The van der Waals surface area contributed by atoms with Gasteiger partial charge in [-0.15, -0.1) is 6.58 Å². The van der Waals surface area contributed by atoms with E-state index in [9.17, 15) is 9.18 Å². The zero-order valence-corrected chi connectivity index (χ0v) is 18.4. The molecule has 1 amide bonds. The van der Waals surface area contributed by atoms with Crippen molar-refractivity contribution in [2.45, 2.75) is 46.6 Å². The summed E-state index contributed by atoms with van der Waals surface area (Å²) in [7, 11) is 0. The zero-order valence-electron chi connectivity index (χ0n) is 18.4. The number of nitrogens with zero attached hydrogens (tertiary/aromatic N) is 2. The molecule has 0 radical (unpaired) electrons. The number of aromatic nitrogens is 2. The molecule has 5 heteroatoms. The van der Waals surface area contributed by atoms with Gasteiger partial charge < -0.3 is 9.88 Å². The molecule has 0 atom stereocenters. The Morgan fingerprint density at radius 1 is 1.19 bits per heavy atom. The summed E-state index contributed by atoms with van der Waals surface area (Å²) < 4.78 is 16.3. The summed E-state index contributed by atoms with van der Waals surface area (Å²) >= 11 is 0. The number of fused-ring (bicyclic) bond motifs is 4. The highest BCUT2D eigenvalue weighted by atomic mass is 19.1. The first-order valence-electron chi connectivity index (χ1n) is 10.9. The molecule has 0 saturated heterocycles. The van der Waals surface area contributed by atoms with Crippen molar-refractivity contribution in [2.75, 3.05) is 6.54 Å². The predicted octanol–water partition coefficient (Wildman–Crippen LogP) is 6.20. The van der Waals surface area contributed by atoms with Crippen molar-refractivity contribution in [3.8, 4) is 0 Å². The Hall–Kier alpha value is -3.21. The Morgan fingerprint density at radius 3 is 2.74 bits per heavy atom. The average molecular weight is 418 g/mol. The molecule has 31 heavy (non-hydrogen) atoms. The number of carbonyl (C=O) groups excluding carboxylic acids is 1. The van der Waals surface area contributed by atoms with Gasteiger partial charge in [0.2, 0.25) is 0 Å². The number of hydrogen-bond acceptors (Lipinski definition) is 2. The first kappa shape index (κ1) is 21.0. The van der Waals surface area contributed by atoms with Crippen molar-refractivity contribution in [1.82, 2.24) is 14.9 Å². The second-order valence-corrected chi connectivity index (χ2v) is 8.19. The van der Waals surface area contributed by atoms with Crippen LogP contribution in [-0.2, 0) is 6.54 Å². The first-order chi connectivity index (χ1) is 15.0. The maximum atomic E-state index is 14.3. The molecule has 0 fully saturated rings. The minimum atomic E-state index is -0.333. The monoisotopic (exact) mass is 417 g/mol. The molecule has 0 saturated carbocycles. The third-order valence-electron chi connectivity index (χ3n) is 5.78. The van der Waals surface area contributed by atoms with Crippen molar-refractivity contribution in [2.24, 2.45) is 0 Å². The number of pyridine rings is 1. The molecular formula is C26H28FN3O. The van der Waals surface area contributed by atoms with Gasteiger partial charge in [-0.3, -0.25) is 4.79 Å². The van der Waals surface area contributed by atoms with Crippen molar-refractivity contribution in [3.63, 3.8) is 0 Å².